The Balaban J connectivity index is 1.34. The standard InChI is InChI=1S/C24H20N6O2/c31-21-13-16-14-26-24(30-22(16)19-3-1-2-4-20(19)29-21)28-17-7-5-15(6-8-17)23(32)27-18-9-11-25-12-10-18/h1-9,11-12,14,18H,10,13H2,(H,27,32)(H,29,31)(H,26,28,30). The number of carbonyl (C=O) groups excluding carboxylic acids is 2. The number of anilines is 3. The van der Waals surface area contributed by atoms with Gasteiger partial charge in [-0.15, -0.1) is 0 Å². The number of amides is 2. The van der Waals surface area contributed by atoms with Gasteiger partial charge in [-0.3, -0.25) is 14.6 Å². The summed E-state index contributed by atoms with van der Waals surface area (Å²) in [6.45, 7) is 0. The minimum Gasteiger partial charge on any atom is -0.345 e. The molecule has 2 amide bonds. The SMILES string of the molecule is O=C1Cc2cnc(Nc3ccc(C(=O)NC4C=CN=CC4)cc3)nc2-c2ccccc2N1. The van der Waals surface area contributed by atoms with E-state index in [4.69, 9.17) is 0 Å². The van der Waals surface area contributed by atoms with Gasteiger partial charge in [0, 0.05) is 47.4 Å². The third kappa shape index (κ3) is 4.11. The van der Waals surface area contributed by atoms with Crippen LogP contribution in [0.15, 0.2) is 72.0 Å². The lowest BCUT2D eigenvalue weighted by atomic mass is 10.1. The number of benzene rings is 2. The highest BCUT2D eigenvalue weighted by Crippen LogP contribution is 2.32. The van der Waals surface area contributed by atoms with E-state index in [2.05, 4.69) is 30.9 Å². The zero-order chi connectivity index (χ0) is 21.9. The third-order valence-corrected chi connectivity index (χ3v) is 5.26. The number of hydrogen-bond acceptors (Lipinski definition) is 6. The zero-order valence-electron chi connectivity index (χ0n) is 17.1. The van der Waals surface area contributed by atoms with Gasteiger partial charge in [0.05, 0.1) is 23.8 Å². The summed E-state index contributed by atoms with van der Waals surface area (Å²) in [6.07, 6.45) is 7.91. The molecule has 158 valence electrons. The molecule has 8 heteroatoms. The molecule has 3 heterocycles. The first-order valence-corrected chi connectivity index (χ1v) is 10.3. The van der Waals surface area contributed by atoms with Gasteiger partial charge in [-0.2, -0.15) is 0 Å². The van der Waals surface area contributed by atoms with Crippen LogP contribution in [0.1, 0.15) is 22.3 Å². The van der Waals surface area contributed by atoms with Gasteiger partial charge in [-0.25, -0.2) is 9.97 Å². The predicted octanol–water partition coefficient (Wildman–Crippen LogP) is 3.47. The first-order chi connectivity index (χ1) is 15.7. The molecule has 0 fully saturated rings. The predicted molar refractivity (Wildman–Crippen MR) is 123 cm³/mol. The fraction of sp³-hybridized carbons (Fsp3) is 0.125. The van der Waals surface area contributed by atoms with Gasteiger partial charge < -0.3 is 16.0 Å². The molecule has 2 aliphatic rings. The van der Waals surface area contributed by atoms with Crippen molar-refractivity contribution in [3.05, 3.63) is 78.1 Å². The number of para-hydroxylation sites is 1. The maximum Gasteiger partial charge on any atom is 0.251 e. The topological polar surface area (TPSA) is 108 Å². The summed E-state index contributed by atoms with van der Waals surface area (Å²) >= 11 is 0. The molecular formula is C24H20N6O2. The van der Waals surface area contributed by atoms with Gasteiger partial charge in [0.15, 0.2) is 0 Å². The lowest BCUT2D eigenvalue weighted by Crippen LogP contribution is -2.34. The fourth-order valence-corrected chi connectivity index (χ4v) is 3.66. The van der Waals surface area contributed by atoms with Crippen LogP contribution in [0.2, 0.25) is 0 Å². The first-order valence-electron chi connectivity index (χ1n) is 10.3. The minimum absolute atomic E-state index is 0.0463. The van der Waals surface area contributed by atoms with Crippen molar-refractivity contribution < 1.29 is 9.59 Å². The van der Waals surface area contributed by atoms with Crippen molar-refractivity contribution in [1.82, 2.24) is 15.3 Å². The Morgan fingerprint density at radius 3 is 2.75 bits per heavy atom. The number of carbonyl (C=O) groups is 2. The van der Waals surface area contributed by atoms with Crippen molar-refractivity contribution in [3.63, 3.8) is 0 Å². The average Bonchev–Trinajstić information content (AvgIpc) is 2.95. The van der Waals surface area contributed by atoms with Crippen LogP contribution < -0.4 is 16.0 Å². The Labute approximate surface area is 184 Å². The third-order valence-electron chi connectivity index (χ3n) is 5.26. The maximum atomic E-state index is 12.5. The summed E-state index contributed by atoms with van der Waals surface area (Å²) in [6, 6.07) is 14.6. The molecule has 1 aromatic heterocycles. The molecule has 0 saturated carbocycles. The summed E-state index contributed by atoms with van der Waals surface area (Å²) < 4.78 is 0. The van der Waals surface area contributed by atoms with E-state index in [0.717, 1.165) is 28.2 Å². The first kappa shape index (κ1) is 19.6. The molecule has 0 radical (unpaired) electrons. The Hall–Kier alpha value is -4.33. The molecule has 3 N–H and O–H groups in total. The Morgan fingerprint density at radius 1 is 1.09 bits per heavy atom. The molecular weight excluding hydrogens is 404 g/mol. The number of rotatable bonds is 4. The second-order valence-corrected chi connectivity index (χ2v) is 7.53. The maximum absolute atomic E-state index is 12.5. The van der Waals surface area contributed by atoms with Gasteiger partial charge in [0.1, 0.15) is 0 Å². The van der Waals surface area contributed by atoms with E-state index in [-0.39, 0.29) is 24.3 Å². The fourth-order valence-electron chi connectivity index (χ4n) is 3.66. The van der Waals surface area contributed by atoms with Gasteiger partial charge in [0.25, 0.3) is 5.91 Å². The molecule has 32 heavy (non-hydrogen) atoms. The molecule has 0 aliphatic carbocycles. The highest BCUT2D eigenvalue weighted by atomic mass is 16.2. The molecule has 0 spiro atoms. The van der Waals surface area contributed by atoms with Crippen molar-refractivity contribution in [2.24, 2.45) is 4.99 Å². The van der Waals surface area contributed by atoms with Crippen LogP contribution in [0.5, 0.6) is 0 Å². The van der Waals surface area contributed by atoms with E-state index in [1.165, 1.54) is 0 Å². The normalized spacial score (nSPS) is 16.4. The lowest BCUT2D eigenvalue weighted by Gasteiger charge is -2.15. The summed E-state index contributed by atoms with van der Waals surface area (Å²) in [4.78, 5) is 37.7. The van der Waals surface area contributed by atoms with Crippen LogP contribution in [0.4, 0.5) is 17.3 Å². The number of aromatic nitrogens is 2. The molecule has 1 atom stereocenters. The second-order valence-electron chi connectivity index (χ2n) is 7.53. The van der Waals surface area contributed by atoms with Crippen LogP contribution in [-0.2, 0) is 11.2 Å². The molecule has 0 bridgehead atoms. The average molecular weight is 424 g/mol. The van der Waals surface area contributed by atoms with E-state index in [0.29, 0.717) is 17.9 Å². The van der Waals surface area contributed by atoms with E-state index in [9.17, 15) is 9.59 Å². The van der Waals surface area contributed by atoms with Crippen molar-refractivity contribution in [3.8, 4) is 11.3 Å². The van der Waals surface area contributed by atoms with E-state index in [1.54, 1.807) is 42.9 Å². The highest BCUT2D eigenvalue weighted by Gasteiger charge is 2.20. The van der Waals surface area contributed by atoms with E-state index < -0.39 is 0 Å². The Kier molecular flexibility index (Phi) is 5.17. The highest BCUT2D eigenvalue weighted by molar-refractivity contribution is 6.00. The zero-order valence-corrected chi connectivity index (χ0v) is 17.1. The number of hydrogen-bond donors (Lipinski definition) is 3. The summed E-state index contributed by atoms with van der Waals surface area (Å²) in [7, 11) is 0. The number of nitrogens with one attached hydrogen (secondary N) is 3. The summed E-state index contributed by atoms with van der Waals surface area (Å²) in [5.41, 5.74) is 4.39. The smallest absolute Gasteiger partial charge is 0.251 e. The summed E-state index contributed by atoms with van der Waals surface area (Å²) in [5, 5.41) is 9.05. The van der Waals surface area contributed by atoms with Crippen LogP contribution >= 0.6 is 0 Å². The Morgan fingerprint density at radius 2 is 1.94 bits per heavy atom. The van der Waals surface area contributed by atoms with Crippen LogP contribution in [-0.4, -0.2) is 34.0 Å². The van der Waals surface area contributed by atoms with Gasteiger partial charge >= 0.3 is 0 Å². The molecule has 0 saturated heterocycles. The molecule has 1 unspecified atom stereocenters. The van der Waals surface area contributed by atoms with Crippen LogP contribution in [0.25, 0.3) is 11.3 Å². The number of fused-ring (bicyclic) bond motifs is 3. The van der Waals surface area contributed by atoms with E-state index in [1.807, 2.05) is 30.3 Å². The summed E-state index contributed by atoms with van der Waals surface area (Å²) in [5.74, 6) is 0.179. The number of aliphatic imine (C=N–C) groups is 1. The second kappa shape index (κ2) is 8.43. The van der Waals surface area contributed by atoms with E-state index >= 15 is 0 Å². The van der Waals surface area contributed by atoms with Crippen molar-refractivity contribution >= 4 is 35.4 Å². The molecule has 5 rings (SSSR count). The van der Waals surface area contributed by atoms with Crippen molar-refractivity contribution in [1.29, 1.82) is 0 Å². The van der Waals surface area contributed by atoms with Gasteiger partial charge in [-0.05, 0) is 36.4 Å². The van der Waals surface area contributed by atoms with Gasteiger partial charge in [-0.1, -0.05) is 18.2 Å². The molecule has 3 aromatic rings. The van der Waals surface area contributed by atoms with Crippen LogP contribution in [0, 0.1) is 0 Å². The number of nitrogens with zero attached hydrogens (tertiary/aromatic N) is 3. The van der Waals surface area contributed by atoms with Gasteiger partial charge in [0.2, 0.25) is 11.9 Å². The van der Waals surface area contributed by atoms with Crippen molar-refractivity contribution in [2.45, 2.75) is 18.9 Å². The van der Waals surface area contributed by atoms with Crippen LogP contribution in [0.3, 0.4) is 0 Å². The monoisotopic (exact) mass is 424 g/mol. The quantitative estimate of drug-likeness (QED) is 0.594. The largest absolute Gasteiger partial charge is 0.345 e. The minimum atomic E-state index is -0.142. The molecule has 2 aliphatic heterocycles. The molecule has 2 aromatic carbocycles. The lowest BCUT2D eigenvalue weighted by molar-refractivity contribution is -0.115. The molecule has 8 nitrogen and oxygen atoms in total. The Bertz CT molecular complexity index is 1250. The van der Waals surface area contributed by atoms with Crippen molar-refractivity contribution in [2.75, 3.05) is 10.6 Å².